The van der Waals surface area contributed by atoms with Gasteiger partial charge < -0.3 is 9.84 Å². The van der Waals surface area contributed by atoms with E-state index in [1.54, 1.807) is 0 Å². The molecule has 1 heterocycles. The van der Waals surface area contributed by atoms with Crippen LogP contribution in [0, 0.1) is 5.82 Å². The molecule has 174 valence electrons. The molecule has 0 bridgehead atoms. The van der Waals surface area contributed by atoms with Crippen molar-refractivity contribution in [2.45, 2.75) is 12.2 Å². The van der Waals surface area contributed by atoms with E-state index in [1.165, 1.54) is 49.6 Å². The number of alkyl halides is 3. The summed E-state index contributed by atoms with van der Waals surface area (Å²) in [6.07, 6.45) is -4.68. The van der Waals surface area contributed by atoms with Crippen molar-refractivity contribution < 1.29 is 37.0 Å². The van der Waals surface area contributed by atoms with E-state index in [-0.39, 0.29) is 22.4 Å². The van der Waals surface area contributed by atoms with Crippen molar-refractivity contribution in [2.75, 3.05) is 12.0 Å². The molecule has 1 aliphatic rings. The molecule has 1 N–H and O–H groups in total. The van der Waals surface area contributed by atoms with Crippen LogP contribution in [0.15, 0.2) is 78.4 Å². The average Bonchev–Trinajstić information content (AvgIpc) is 3.09. The van der Waals surface area contributed by atoms with E-state index in [0.717, 1.165) is 35.2 Å². The van der Waals surface area contributed by atoms with Crippen LogP contribution in [0.2, 0.25) is 0 Å². The number of anilines is 1. The molecule has 1 aliphatic heterocycles. The van der Waals surface area contributed by atoms with Crippen molar-refractivity contribution in [3.63, 3.8) is 0 Å². The fourth-order valence-electron chi connectivity index (χ4n) is 3.80. The van der Waals surface area contributed by atoms with Gasteiger partial charge in [0.1, 0.15) is 17.3 Å². The number of carbonyl (C=O) groups excluding carboxylic acids is 2. The van der Waals surface area contributed by atoms with Crippen LogP contribution in [0.4, 0.5) is 23.2 Å². The van der Waals surface area contributed by atoms with Crippen LogP contribution < -0.4 is 9.64 Å². The molecule has 0 aliphatic carbocycles. The van der Waals surface area contributed by atoms with E-state index in [4.69, 9.17) is 4.74 Å². The maximum absolute atomic E-state index is 13.6. The SMILES string of the molecule is COc1ccc(/C(O)=C2/C(=O)C(=O)N(c3cccc(C(F)(F)F)c3)C2c2ccc(F)cc2)cc1. The molecule has 0 saturated carbocycles. The largest absolute Gasteiger partial charge is 0.507 e. The maximum atomic E-state index is 13.6. The standard InChI is InChI=1S/C25H17F4NO4/c1-34-19-11-7-15(8-12-19)22(31)20-21(14-5-9-17(26)10-6-14)30(24(33)23(20)32)18-4-2-3-16(13-18)25(27,28)29/h2-13,21,31H,1H3/b22-20-. The third-order valence-electron chi connectivity index (χ3n) is 5.45. The van der Waals surface area contributed by atoms with E-state index in [1.807, 2.05) is 0 Å². The van der Waals surface area contributed by atoms with Crippen molar-refractivity contribution >= 4 is 23.1 Å². The lowest BCUT2D eigenvalue weighted by atomic mass is 9.95. The zero-order valence-electron chi connectivity index (χ0n) is 17.6. The Hall–Kier alpha value is -4.14. The molecule has 1 fully saturated rings. The van der Waals surface area contributed by atoms with Crippen LogP contribution in [0.25, 0.3) is 5.76 Å². The number of amides is 1. The van der Waals surface area contributed by atoms with Gasteiger partial charge in [0, 0.05) is 11.3 Å². The number of ketones is 1. The first-order chi connectivity index (χ1) is 16.1. The van der Waals surface area contributed by atoms with Gasteiger partial charge in [-0.15, -0.1) is 0 Å². The van der Waals surface area contributed by atoms with Crippen LogP contribution in [0.1, 0.15) is 22.7 Å². The molecule has 1 amide bonds. The van der Waals surface area contributed by atoms with Gasteiger partial charge in [0.15, 0.2) is 0 Å². The summed E-state index contributed by atoms with van der Waals surface area (Å²) >= 11 is 0. The minimum Gasteiger partial charge on any atom is -0.507 e. The number of halogens is 4. The van der Waals surface area contributed by atoms with Gasteiger partial charge in [-0.1, -0.05) is 18.2 Å². The van der Waals surface area contributed by atoms with Crippen molar-refractivity contribution in [1.29, 1.82) is 0 Å². The number of hydrogen-bond donors (Lipinski definition) is 1. The molecule has 1 atom stereocenters. The highest BCUT2D eigenvalue weighted by atomic mass is 19.4. The van der Waals surface area contributed by atoms with Crippen molar-refractivity contribution in [3.8, 4) is 5.75 Å². The number of Topliss-reactive ketones (excluding diaryl/α,β-unsaturated/α-hetero) is 1. The molecule has 0 spiro atoms. The van der Waals surface area contributed by atoms with Crippen molar-refractivity contribution in [3.05, 3.63) is 101 Å². The third kappa shape index (κ3) is 4.12. The lowest BCUT2D eigenvalue weighted by Gasteiger charge is -2.26. The Bertz CT molecular complexity index is 1280. The minimum atomic E-state index is -4.68. The Kier molecular flexibility index (Phi) is 5.87. The highest BCUT2D eigenvalue weighted by Crippen LogP contribution is 2.43. The Morgan fingerprint density at radius 2 is 1.62 bits per heavy atom. The molecule has 9 heteroatoms. The second-order valence-corrected chi connectivity index (χ2v) is 7.50. The van der Waals surface area contributed by atoms with Gasteiger partial charge in [-0.05, 0) is 60.2 Å². The molecule has 1 unspecified atom stereocenters. The maximum Gasteiger partial charge on any atom is 0.416 e. The van der Waals surface area contributed by atoms with E-state index in [0.29, 0.717) is 5.75 Å². The normalized spacial score (nSPS) is 17.8. The van der Waals surface area contributed by atoms with Crippen LogP contribution in [-0.4, -0.2) is 23.9 Å². The second-order valence-electron chi connectivity index (χ2n) is 7.50. The van der Waals surface area contributed by atoms with Crippen molar-refractivity contribution in [2.24, 2.45) is 0 Å². The summed E-state index contributed by atoms with van der Waals surface area (Å²) in [6, 6.07) is 13.4. The quantitative estimate of drug-likeness (QED) is 0.237. The Labute approximate surface area is 191 Å². The van der Waals surface area contributed by atoms with Gasteiger partial charge >= 0.3 is 6.18 Å². The smallest absolute Gasteiger partial charge is 0.416 e. The number of carbonyl (C=O) groups is 2. The van der Waals surface area contributed by atoms with Crippen molar-refractivity contribution in [1.82, 2.24) is 0 Å². The number of rotatable bonds is 4. The summed E-state index contributed by atoms with van der Waals surface area (Å²) in [4.78, 5) is 26.9. The van der Waals surface area contributed by atoms with Crippen LogP contribution >= 0.6 is 0 Å². The minimum absolute atomic E-state index is 0.190. The molecule has 34 heavy (non-hydrogen) atoms. The highest BCUT2D eigenvalue weighted by molar-refractivity contribution is 6.51. The number of ether oxygens (including phenoxy) is 1. The number of aliphatic hydroxyl groups is 1. The summed E-state index contributed by atoms with van der Waals surface area (Å²) in [5, 5.41) is 11.0. The number of benzene rings is 3. The first-order valence-electron chi connectivity index (χ1n) is 10.00. The van der Waals surface area contributed by atoms with Gasteiger partial charge in [-0.3, -0.25) is 14.5 Å². The molecular weight excluding hydrogens is 454 g/mol. The second kappa shape index (κ2) is 8.66. The lowest BCUT2D eigenvalue weighted by Crippen LogP contribution is -2.29. The topological polar surface area (TPSA) is 66.8 Å². The van der Waals surface area contributed by atoms with E-state index >= 15 is 0 Å². The first kappa shape index (κ1) is 23.0. The predicted molar refractivity (Wildman–Crippen MR) is 116 cm³/mol. The fraction of sp³-hybridized carbons (Fsp3) is 0.120. The lowest BCUT2D eigenvalue weighted by molar-refractivity contribution is -0.137. The van der Waals surface area contributed by atoms with E-state index in [9.17, 15) is 32.3 Å². The van der Waals surface area contributed by atoms with Crippen LogP contribution in [0.5, 0.6) is 5.75 Å². The monoisotopic (exact) mass is 471 g/mol. The van der Waals surface area contributed by atoms with E-state index in [2.05, 4.69) is 0 Å². The molecular formula is C25H17F4NO4. The number of aliphatic hydroxyl groups excluding tert-OH is 1. The van der Waals surface area contributed by atoms with Gasteiger partial charge in [0.2, 0.25) is 0 Å². The fourth-order valence-corrected chi connectivity index (χ4v) is 3.80. The number of nitrogens with zero attached hydrogens (tertiary/aromatic N) is 1. The molecule has 3 aromatic rings. The highest BCUT2D eigenvalue weighted by Gasteiger charge is 2.47. The van der Waals surface area contributed by atoms with Crippen LogP contribution in [0.3, 0.4) is 0 Å². The number of hydrogen-bond acceptors (Lipinski definition) is 4. The molecule has 0 aromatic heterocycles. The summed E-state index contributed by atoms with van der Waals surface area (Å²) in [7, 11) is 1.45. The Morgan fingerprint density at radius 1 is 0.971 bits per heavy atom. The van der Waals surface area contributed by atoms with E-state index < -0.39 is 41.0 Å². The average molecular weight is 471 g/mol. The van der Waals surface area contributed by atoms with Gasteiger partial charge in [0.25, 0.3) is 11.7 Å². The predicted octanol–water partition coefficient (Wildman–Crippen LogP) is 5.48. The van der Waals surface area contributed by atoms with Crippen LogP contribution in [-0.2, 0) is 15.8 Å². The zero-order chi connectivity index (χ0) is 24.6. The number of methoxy groups -OCH3 is 1. The van der Waals surface area contributed by atoms with Gasteiger partial charge in [-0.2, -0.15) is 13.2 Å². The van der Waals surface area contributed by atoms with Gasteiger partial charge in [0.05, 0.1) is 24.3 Å². The third-order valence-corrected chi connectivity index (χ3v) is 5.45. The Morgan fingerprint density at radius 3 is 2.21 bits per heavy atom. The van der Waals surface area contributed by atoms with Gasteiger partial charge in [-0.25, -0.2) is 4.39 Å². The molecule has 0 radical (unpaired) electrons. The summed E-state index contributed by atoms with van der Waals surface area (Å²) in [6.45, 7) is 0. The zero-order valence-corrected chi connectivity index (χ0v) is 17.6. The molecule has 4 rings (SSSR count). The first-order valence-corrected chi connectivity index (χ1v) is 10.00. The molecule has 3 aromatic carbocycles. The summed E-state index contributed by atoms with van der Waals surface area (Å²) < 4.78 is 58.6. The summed E-state index contributed by atoms with van der Waals surface area (Å²) in [5.74, 6) is -2.83. The summed E-state index contributed by atoms with van der Waals surface area (Å²) in [5.41, 5.74) is -1.12. The molecule has 1 saturated heterocycles. The Balaban J connectivity index is 1.92. The molecule has 5 nitrogen and oxygen atoms in total.